The third kappa shape index (κ3) is 3.26. The lowest BCUT2D eigenvalue weighted by molar-refractivity contribution is 0.00997. The molecule has 1 unspecified atom stereocenters. The van der Waals surface area contributed by atoms with Gasteiger partial charge < -0.3 is 19.4 Å². The van der Waals surface area contributed by atoms with Gasteiger partial charge in [-0.3, -0.25) is 0 Å². The molecular formula is C28H31N3O2. The minimum absolute atomic E-state index is 0.272. The summed E-state index contributed by atoms with van der Waals surface area (Å²) in [5.74, 6) is -0.272. The number of hydrogen-bond donors (Lipinski definition) is 0. The molecule has 1 atom stereocenters. The lowest BCUT2D eigenvalue weighted by Crippen LogP contribution is -2.47. The highest BCUT2D eigenvalue weighted by Crippen LogP contribution is 2.49. The standard InChI is InChI=1S/C28H31N3O2/c1-5-30(6-2)22-13-11-21(12-14-22)28(31-18-17-20-9-7-8-10-26(20)31)25-16-15-23(29(3)4)19-24(25)27(32)33-28/h7-16,19H,5-6,17-18H2,1-4H3. The van der Waals surface area contributed by atoms with Gasteiger partial charge in [-0.2, -0.15) is 0 Å². The Morgan fingerprint density at radius 3 is 2.33 bits per heavy atom. The van der Waals surface area contributed by atoms with E-state index in [0.29, 0.717) is 5.56 Å². The van der Waals surface area contributed by atoms with Gasteiger partial charge in [0.05, 0.1) is 5.56 Å². The first kappa shape index (κ1) is 21.4. The number of cyclic esters (lactones) is 1. The normalized spacial score (nSPS) is 18.7. The fourth-order valence-corrected chi connectivity index (χ4v) is 5.24. The molecule has 2 aliphatic rings. The lowest BCUT2D eigenvalue weighted by Gasteiger charge is -2.40. The molecule has 0 saturated carbocycles. The molecular weight excluding hydrogens is 410 g/mol. The maximum absolute atomic E-state index is 13.3. The van der Waals surface area contributed by atoms with Crippen molar-refractivity contribution in [1.29, 1.82) is 0 Å². The van der Waals surface area contributed by atoms with E-state index in [0.717, 1.165) is 48.6 Å². The van der Waals surface area contributed by atoms with Gasteiger partial charge in [0.25, 0.3) is 0 Å². The van der Waals surface area contributed by atoms with Crippen molar-refractivity contribution in [2.24, 2.45) is 0 Å². The van der Waals surface area contributed by atoms with Crippen LogP contribution >= 0.6 is 0 Å². The van der Waals surface area contributed by atoms with Crippen molar-refractivity contribution in [3.8, 4) is 0 Å². The molecule has 2 heterocycles. The molecule has 0 bridgehead atoms. The van der Waals surface area contributed by atoms with Gasteiger partial charge >= 0.3 is 5.97 Å². The van der Waals surface area contributed by atoms with Gasteiger partial charge in [0.2, 0.25) is 5.72 Å². The zero-order chi connectivity index (χ0) is 23.2. The van der Waals surface area contributed by atoms with Gasteiger partial charge in [0.1, 0.15) is 0 Å². The van der Waals surface area contributed by atoms with Crippen LogP contribution in [0.4, 0.5) is 17.1 Å². The summed E-state index contributed by atoms with van der Waals surface area (Å²) in [4.78, 5) is 19.9. The largest absolute Gasteiger partial charge is 0.426 e. The first-order valence-electron chi connectivity index (χ1n) is 11.8. The summed E-state index contributed by atoms with van der Waals surface area (Å²) in [5.41, 5.74) is 6.11. The van der Waals surface area contributed by atoms with Crippen molar-refractivity contribution in [3.05, 3.63) is 89.0 Å². The van der Waals surface area contributed by atoms with Crippen LogP contribution in [0.3, 0.4) is 0 Å². The fourth-order valence-electron chi connectivity index (χ4n) is 5.24. The van der Waals surface area contributed by atoms with Crippen molar-refractivity contribution in [2.45, 2.75) is 26.0 Å². The Morgan fingerprint density at radius 2 is 1.64 bits per heavy atom. The van der Waals surface area contributed by atoms with E-state index >= 15 is 0 Å². The van der Waals surface area contributed by atoms with E-state index in [-0.39, 0.29) is 5.97 Å². The van der Waals surface area contributed by atoms with Crippen molar-refractivity contribution in [1.82, 2.24) is 0 Å². The lowest BCUT2D eigenvalue weighted by atomic mass is 9.90. The summed E-state index contributed by atoms with van der Waals surface area (Å²) in [6, 6.07) is 23.1. The highest BCUT2D eigenvalue weighted by atomic mass is 16.6. The molecule has 0 saturated heterocycles. The zero-order valence-corrected chi connectivity index (χ0v) is 19.8. The summed E-state index contributed by atoms with van der Waals surface area (Å²) in [6.07, 6.45) is 0.929. The third-order valence-electron chi connectivity index (χ3n) is 7.00. The number of carbonyl (C=O) groups is 1. The van der Waals surface area contributed by atoms with Crippen LogP contribution in [0.15, 0.2) is 66.7 Å². The Bertz CT molecular complexity index is 1180. The van der Waals surface area contributed by atoms with E-state index in [1.807, 2.05) is 25.1 Å². The fraction of sp³-hybridized carbons (Fsp3) is 0.321. The van der Waals surface area contributed by atoms with Crippen LogP contribution in [-0.2, 0) is 16.9 Å². The average molecular weight is 442 g/mol. The van der Waals surface area contributed by atoms with Crippen molar-refractivity contribution in [3.63, 3.8) is 0 Å². The number of para-hydroxylation sites is 1. The zero-order valence-electron chi connectivity index (χ0n) is 19.8. The Labute approximate surface area is 196 Å². The number of anilines is 3. The maximum Gasteiger partial charge on any atom is 0.341 e. The van der Waals surface area contributed by atoms with E-state index in [1.54, 1.807) is 0 Å². The highest BCUT2D eigenvalue weighted by molar-refractivity contribution is 5.97. The third-order valence-corrected chi connectivity index (χ3v) is 7.00. The average Bonchev–Trinajstić information content (AvgIpc) is 3.40. The number of fused-ring (bicyclic) bond motifs is 2. The molecule has 0 N–H and O–H groups in total. The van der Waals surface area contributed by atoms with Crippen LogP contribution in [-0.4, -0.2) is 39.7 Å². The first-order chi connectivity index (χ1) is 16.0. The number of nitrogens with zero attached hydrogens (tertiary/aromatic N) is 3. The van der Waals surface area contributed by atoms with Gasteiger partial charge in [-0.15, -0.1) is 0 Å². The predicted octanol–water partition coefficient (Wildman–Crippen LogP) is 5.03. The minimum atomic E-state index is -0.981. The van der Waals surface area contributed by atoms with E-state index in [9.17, 15) is 4.79 Å². The number of rotatable bonds is 6. The van der Waals surface area contributed by atoms with Crippen LogP contribution in [0.2, 0.25) is 0 Å². The number of ether oxygens (including phenoxy) is 1. The van der Waals surface area contributed by atoms with E-state index in [4.69, 9.17) is 4.74 Å². The van der Waals surface area contributed by atoms with Crippen molar-refractivity contribution < 1.29 is 9.53 Å². The Hall–Kier alpha value is -3.47. The summed E-state index contributed by atoms with van der Waals surface area (Å²) in [7, 11) is 3.97. The van der Waals surface area contributed by atoms with Crippen LogP contribution in [0.5, 0.6) is 0 Å². The van der Waals surface area contributed by atoms with Gasteiger partial charge in [-0.25, -0.2) is 4.79 Å². The second kappa shape index (κ2) is 8.14. The molecule has 170 valence electrons. The molecule has 0 spiro atoms. The number of benzene rings is 3. The van der Waals surface area contributed by atoms with Gasteiger partial charge in [-0.05, 0) is 62.2 Å². The number of hydrogen-bond acceptors (Lipinski definition) is 5. The number of esters is 1. The molecule has 5 heteroatoms. The van der Waals surface area contributed by atoms with Crippen LogP contribution < -0.4 is 14.7 Å². The smallest absolute Gasteiger partial charge is 0.341 e. The maximum atomic E-state index is 13.3. The minimum Gasteiger partial charge on any atom is -0.426 e. The Kier molecular flexibility index (Phi) is 5.28. The molecule has 2 aliphatic heterocycles. The molecule has 0 aromatic heterocycles. The van der Waals surface area contributed by atoms with Gasteiger partial charge in [0, 0.05) is 61.9 Å². The molecule has 0 fully saturated rings. The van der Waals surface area contributed by atoms with Crippen molar-refractivity contribution >= 4 is 23.0 Å². The highest BCUT2D eigenvalue weighted by Gasteiger charge is 2.53. The molecule has 0 amide bonds. The van der Waals surface area contributed by atoms with E-state index < -0.39 is 5.72 Å². The van der Waals surface area contributed by atoms with E-state index in [1.165, 1.54) is 11.3 Å². The molecule has 0 radical (unpaired) electrons. The monoisotopic (exact) mass is 441 g/mol. The molecule has 5 nitrogen and oxygen atoms in total. The summed E-state index contributed by atoms with van der Waals surface area (Å²) < 4.78 is 6.39. The van der Waals surface area contributed by atoms with Crippen molar-refractivity contribution in [2.75, 3.05) is 48.4 Å². The molecule has 5 rings (SSSR count). The predicted molar refractivity (Wildman–Crippen MR) is 134 cm³/mol. The summed E-state index contributed by atoms with van der Waals surface area (Å²) in [6.45, 7) is 7.02. The molecule has 0 aliphatic carbocycles. The van der Waals surface area contributed by atoms with E-state index in [2.05, 4.69) is 84.3 Å². The second-order valence-corrected chi connectivity index (χ2v) is 8.91. The topological polar surface area (TPSA) is 36.0 Å². The van der Waals surface area contributed by atoms with Crippen LogP contribution in [0, 0.1) is 0 Å². The first-order valence-corrected chi connectivity index (χ1v) is 11.8. The Balaban J connectivity index is 1.70. The van der Waals surface area contributed by atoms with Crippen LogP contribution in [0.1, 0.15) is 40.9 Å². The summed E-state index contributed by atoms with van der Waals surface area (Å²) >= 11 is 0. The Morgan fingerprint density at radius 1 is 0.939 bits per heavy atom. The van der Waals surface area contributed by atoms with Gasteiger partial charge in [-0.1, -0.05) is 30.3 Å². The summed E-state index contributed by atoms with van der Waals surface area (Å²) in [5, 5.41) is 0. The number of carbonyl (C=O) groups excluding carboxylic acids is 1. The molecule has 33 heavy (non-hydrogen) atoms. The molecule has 3 aromatic carbocycles. The quantitative estimate of drug-likeness (QED) is 0.501. The van der Waals surface area contributed by atoms with Crippen LogP contribution in [0.25, 0.3) is 0 Å². The molecule has 3 aromatic rings. The SMILES string of the molecule is CCN(CC)c1ccc(C2(N3CCc4ccccc43)OC(=O)c3cc(N(C)C)ccc32)cc1. The second-order valence-electron chi connectivity index (χ2n) is 8.91. The van der Waals surface area contributed by atoms with Gasteiger partial charge in [0.15, 0.2) is 0 Å².